The Labute approximate surface area is 117 Å². The van der Waals surface area contributed by atoms with E-state index in [2.05, 4.69) is 10.6 Å². The number of carbonyl (C=O) groups excluding carboxylic acids is 1. The van der Waals surface area contributed by atoms with E-state index in [-0.39, 0.29) is 13.0 Å². The summed E-state index contributed by atoms with van der Waals surface area (Å²) in [5.41, 5.74) is 0.138. The van der Waals surface area contributed by atoms with Crippen molar-refractivity contribution in [2.24, 2.45) is 0 Å². The zero-order valence-electron chi connectivity index (χ0n) is 11.1. The molecule has 1 aromatic rings. The Morgan fingerprint density at radius 2 is 2.10 bits per heavy atom. The van der Waals surface area contributed by atoms with Crippen LogP contribution in [-0.4, -0.2) is 35.8 Å². The van der Waals surface area contributed by atoms with Gasteiger partial charge in [0, 0.05) is 6.54 Å². The lowest BCUT2D eigenvalue weighted by molar-refractivity contribution is -0.138. The van der Waals surface area contributed by atoms with Crippen LogP contribution in [0.1, 0.15) is 18.4 Å². The van der Waals surface area contributed by atoms with Crippen LogP contribution in [0, 0.1) is 0 Å². The SMILES string of the molecule is O=C(O)CC1(NC(=O)OCc2ccccc2)CCNC1. The monoisotopic (exact) mass is 278 g/mol. The second-order valence-corrected chi connectivity index (χ2v) is 4.96. The maximum Gasteiger partial charge on any atom is 0.407 e. The van der Waals surface area contributed by atoms with Crippen LogP contribution < -0.4 is 10.6 Å². The third kappa shape index (κ3) is 3.96. The molecule has 1 fully saturated rings. The molecule has 0 radical (unpaired) electrons. The fraction of sp³-hybridized carbons (Fsp3) is 0.429. The van der Waals surface area contributed by atoms with Crippen LogP contribution in [0.5, 0.6) is 0 Å². The normalized spacial score (nSPS) is 21.4. The third-order valence-electron chi connectivity index (χ3n) is 3.31. The molecule has 0 saturated carbocycles. The second-order valence-electron chi connectivity index (χ2n) is 4.96. The number of benzene rings is 1. The highest BCUT2D eigenvalue weighted by Gasteiger charge is 2.38. The van der Waals surface area contributed by atoms with Gasteiger partial charge in [0.15, 0.2) is 0 Å². The molecule has 108 valence electrons. The van der Waals surface area contributed by atoms with Crippen LogP contribution in [0.3, 0.4) is 0 Å². The molecule has 1 atom stereocenters. The predicted octanol–water partition coefficient (Wildman–Crippen LogP) is 1.12. The van der Waals surface area contributed by atoms with Gasteiger partial charge in [-0.3, -0.25) is 4.79 Å². The number of carboxylic acid groups (broad SMARTS) is 1. The molecule has 6 nitrogen and oxygen atoms in total. The van der Waals surface area contributed by atoms with Gasteiger partial charge in [-0.25, -0.2) is 4.79 Å². The molecule has 3 N–H and O–H groups in total. The Morgan fingerprint density at radius 3 is 2.70 bits per heavy atom. The van der Waals surface area contributed by atoms with Crippen molar-refractivity contribution in [2.45, 2.75) is 25.0 Å². The van der Waals surface area contributed by atoms with Crippen LogP contribution in [0.4, 0.5) is 4.79 Å². The lowest BCUT2D eigenvalue weighted by atomic mass is 9.94. The summed E-state index contributed by atoms with van der Waals surface area (Å²) in [7, 11) is 0. The van der Waals surface area contributed by atoms with Gasteiger partial charge in [-0.1, -0.05) is 30.3 Å². The molecule has 6 heteroatoms. The maximum absolute atomic E-state index is 11.8. The highest BCUT2D eigenvalue weighted by atomic mass is 16.5. The van der Waals surface area contributed by atoms with E-state index in [1.165, 1.54) is 0 Å². The minimum atomic E-state index is -0.933. The molecule has 1 unspecified atom stereocenters. The van der Waals surface area contributed by atoms with Crippen molar-refractivity contribution in [3.63, 3.8) is 0 Å². The summed E-state index contributed by atoms with van der Waals surface area (Å²) in [5.74, 6) is -0.933. The lowest BCUT2D eigenvalue weighted by Gasteiger charge is -2.27. The van der Waals surface area contributed by atoms with Crippen molar-refractivity contribution < 1.29 is 19.4 Å². The van der Waals surface area contributed by atoms with Gasteiger partial charge in [-0.05, 0) is 18.5 Å². The number of amides is 1. The highest BCUT2D eigenvalue weighted by Crippen LogP contribution is 2.19. The minimum absolute atomic E-state index is 0.111. The molecule has 1 aliphatic heterocycles. The zero-order chi connectivity index (χ0) is 14.4. The first-order chi connectivity index (χ1) is 9.60. The van der Waals surface area contributed by atoms with Crippen LogP contribution >= 0.6 is 0 Å². The average molecular weight is 278 g/mol. The Morgan fingerprint density at radius 1 is 1.35 bits per heavy atom. The largest absolute Gasteiger partial charge is 0.481 e. The van der Waals surface area contributed by atoms with Crippen molar-refractivity contribution in [1.82, 2.24) is 10.6 Å². The number of carboxylic acids is 1. The van der Waals surface area contributed by atoms with E-state index in [9.17, 15) is 9.59 Å². The maximum atomic E-state index is 11.8. The van der Waals surface area contributed by atoms with E-state index in [1.54, 1.807) is 0 Å². The summed E-state index contributed by atoms with van der Waals surface area (Å²) in [6, 6.07) is 9.33. The first-order valence-corrected chi connectivity index (χ1v) is 6.51. The van der Waals surface area contributed by atoms with Gasteiger partial charge >= 0.3 is 12.1 Å². The van der Waals surface area contributed by atoms with E-state index >= 15 is 0 Å². The number of ether oxygens (including phenoxy) is 1. The first kappa shape index (κ1) is 14.3. The molecule has 20 heavy (non-hydrogen) atoms. The van der Waals surface area contributed by atoms with Crippen LogP contribution in [0.15, 0.2) is 30.3 Å². The van der Waals surface area contributed by atoms with Gasteiger partial charge < -0.3 is 20.5 Å². The van der Waals surface area contributed by atoms with E-state index in [0.717, 1.165) is 5.56 Å². The molecule has 1 saturated heterocycles. The quantitative estimate of drug-likeness (QED) is 0.751. The number of hydrogen-bond donors (Lipinski definition) is 3. The molecule has 0 aliphatic carbocycles. The Bertz CT molecular complexity index is 469. The summed E-state index contributed by atoms with van der Waals surface area (Å²) in [6.45, 7) is 1.30. The van der Waals surface area contributed by atoms with Gasteiger partial charge in [0.05, 0.1) is 12.0 Å². The van der Waals surface area contributed by atoms with Gasteiger partial charge in [0.2, 0.25) is 0 Å². The highest BCUT2D eigenvalue weighted by molar-refractivity contribution is 5.73. The smallest absolute Gasteiger partial charge is 0.407 e. The van der Waals surface area contributed by atoms with Gasteiger partial charge in [0.25, 0.3) is 0 Å². The van der Waals surface area contributed by atoms with Gasteiger partial charge in [-0.2, -0.15) is 0 Å². The summed E-state index contributed by atoms with van der Waals surface area (Å²) < 4.78 is 5.13. The number of aliphatic carboxylic acids is 1. The van der Waals surface area contributed by atoms with E-state index in [1.807, 2.05) is 30.3 Å². The summed E-state index contributed by atoms with van der Waals surface area (Å²) in [4.78, 5) is 22.7. The molecule has 2 rings (SSSR count). The van der Waals surface area contributed by atoms with Crippen molar-refractivity contribution in [1.29, 1.82) is 0 Å². The summed E-state index contributed by atoms with van der Waals surface area (Å²) in [6.07, 6.45) is -0.112. The number of rotatable bonds is 5. The summed E-state index contributed by atoms with van der Waals surface area (Å²) in [5, 5.41) is 14.7. The standard InChI is InChI=1S/C14H18N2O4/c17-12(18)8-14(6-7-15-10-14)16-13(19)20-9-11-4-2-1-3-5-11/h1-5,15H,6-10H2,(H,16,19)(H,17,18). The van der Waals surface area contributed by atoms with Crippen LogP contribution in [-0.2, 0) is 16.1 Å². The fourth-order valence-corrected chi connectivity index (χ4v) is 2.31. The minimum Gasteiger partial charge on any atom is -0.481 e. The molecule has 0 aromatic heterocycles. The molecular formula is C14H18N2O4. The van der Waals surface area contributed by atoms with Crippen LogP contribution in [0.25, 0.3) is 0 Å². The average Bonchev–Trinajstić information content (AvgIpc) is 2.85. The van der Waals surface area contributed by atoms with E-state index < -0.39 is 17.6 Å². The molecule has 0 bridgehead atoms. The molecular weight excluding hydrogens is 260 g/mol. The topological polar surface area (TPSA) is 87.7 Å². The second kappa shape index (κ2) is 6.38. The van der Waals surface area contributed by atoms with Crippen LogP contribution in [0.2, 0.25) is 0 Å². The van der Waals surface area contributed by atoms with Gasteiger partial charge in [-0.15, -0.1) is 0 Å². The Kier molecular flexibility index (Phi) is 4.57. The predicted molar refractivity (Wildman–Crippen MR) is 72.2 cm³/mol. The van der Waals surface area contributed by atoms with Crippen molar-refractivity contribution >= 4 is 12.1 Å². The first-order valence-electron chi connectivity index (χ1n) is 6.51. The molecule has 1 aliphatic rings. The molecule has 1 aromatic carbocycles. The molecule has 1 heterocycles. The third-order valence-corrected chi connectivity index (χ3v) is 3.31. The number of carbonyl (C=O) groups is 2. The number of hydrogen-bond acceptors (Lipinski definition) is 4. The Balaban J connectivity index is 1.87. The van der Waals surface area contributed by atoms with Crippen molar-refractivity contribution in [3.05, 3.63) is 35.9 Å². The van der Waals surface area contributed by atoms with Gasteiger partial charge in [0.1, 0.15) is 6.61 Å². The molecule has 1 amide bonds. The lowest BCUT2D eigenvalue weighted by Crippen LogP contribution is -2.51. The fourth-order valence-electron chi connectivity index (χ4n) is 2.31. The Hall–Kier alpha value is -2.08. The zero-order valence-corrected chi connectivity index (χ0v) is 11.1. The number of alkyl carbamates (subject to hydrolysis) is 1. The van der Waals surface area contributed by atoms with E-state index in [4.69, 9.17) is 9.84 Å². The van der Waals surface area contributed by atoms with Crippen molar-refractivity contribution in [3.8, 4) is 0 Å². The number of nitrogens with one attached hydrogen (secondary N) is 2. The van der Waals surface area contributed by atoms with Crippen molar-refractivity contribution in [2.75, 3.05) is 13.1 Å². The summed E-state index contributed by atoms with van der Waals surface area (Å²) >= 11 is 0. The molecule has 0 spiro atoms. The van der Waals surface area contributed by atoms with E-state index in [0.29, 0.717) is 19.5 Å².